The molecule has 1 aromatic heterocycles. The number of unbranched alkanes of at least 4 members (excludes halogenated alkanes) is 2. The highest BCUT2D eigenvalue weighted by atomic mass is 32.1. The van der Waals surface area contributed by atoms with Crippen LogP contribution < -0.4 is 4.74 Å². The van der Waals surface area contributed by atoms with Crippen LogP contribution in [0.3, 0.4) is 0 Å². The number of hydrogen-bond donors (Lipinski definition) is 1. The van der Waals surface area contributed by atoms with E-state index in [4.69, 9.17) is 4.74 Å². The molecule has 0 saturated carbocycles. The van der Waals surface area contributed by atoms with Gasteiger partial charge < -0.3 is 9.84 Å². The van der Waals surface area contributed by atoms with E-state index in [0.29, 0.717) is 17.2 Å². The molecule has 1 aromatic rings. The van der Waals surface area contributed by atoms with Gasteiger partial charge in [-0.05, 0) is 17.9 Å². The van der Waals surface area contributed by atoms with E-state index in [-0.39, 0.29) is 5.41 Å². The van der Waals surface area contributed by atoms with Crippen LogP contribution in [-0.2, 0) is 5.41 Å². The van der Waals surface area contributed by atoms with E-state index in [1.165, 1.54) is 11.3 Å². The van der Waals surface area contributed by atoms with E-state index in [0.717, 1.165) is 24.1 Å². The van der Waals surface area contributed by atoms with Gasteiger partial charge in [0.05, 0.1) is 6.61 Å². The number of carboxylic acid groups (broad SMARTS) is 1. The Balaban J connectivity index is 2.82. The monoisotopic (exact) mass is 270 g/mol. The topological polar surface area (TPSA) is 46.5 Å². The van der Waals surface area contributed by atoms with Crippen LogP contribution in [0.15, 0.2) is 6.07 Å². The van der Waals surface area contributed by atoms with Gasteiger partial charge in [-0.2, -0.15) is 0 Å². The minimum absolute atomic E-state index is 0.0418. The van der Waals surface area contributed by atoms with Gasteiger partial charge in [0.2, 0.25) is 0 Å². The standard InChI is InChI=1S/C14H22O3S/c1-5-6-7-8-17-10-9-11(14(2,3)4)18-12(10)13(15)16/h9H,5-8H2,1-4H3,(H,15,16). The maximum atomic E-state index is 11.2. The fourth-order valence-electron chi connectivity index (χ4n) is 1.53. The fraction of sp³-hybridized carbons (Fsp3) is 0.643. The largest absolute Gasteiger partial charge is 0.492 e. The van der Waals surface area contributed by atoms with Gasteiger partial charge in [0, 0.05) is 4.88 Å². The predicted octanol–water partition coefficient (Wildman–Crippen LogP) is 4.31. The summed E-state index contributed by atoms with van der Waals surface area (Å²) in [5.74, 6) is -0.380. The van der Waals surface area contributed by atoms with Crippen LogP contribution in [0.25, 0.3) is 0 Å². The molecule has 0 unspecified atom stereocenters. The number of carbonyl (C=O) groups is 1. The smallest absolute Gasteiger partial charge is 0.349 e. The Labute approximate surface area is 113 Å². The fourth-order valence-corrected chi connectivity index (χ4v) is 2.53. The van der Waals surface area contributed by atoms with Crippen molar-refractivity contribution in [3.05, 3.63) is 15.8 Å². The average molecular weight is 270 g/mol. The van der Waals surface area contributed by atoms with Crippen molar-refractivity contribution in [3.8, 4) is 5.75 Å². The number of hydrogen-bond acceptors (Lipinski definition) is 3. The van der Waals surface area contributed by atoms with Crippen LogP contribution in [0.4, 0.5) is 0 Å². The maximum absolute atomic E-state index is 11.2. The zero-order valence-corrected chi connectivity index (χ0v) is 12.4. The maximum Gasteiger partial charge on any atom is 0.349 e. The van der Waals surface area contributed by atoms with Crippen LogP contribution in [0, 0.1) is 0 Å². The first kappa shape index (κ1) is 15.0. The molecule has 0 aliphatic rings. The lowest BCUT2D eigenvalue weighted by Gasteiger charge is -2.14. The van der Waals surface area contributed by atoms with E-state index in [2.05, 4.69) is 27.7 Å². The van der Waals surface area contributed by atoms with Gasteiger partial charge >= 0.3 is 5.97 Å². The minimum Gasteiger partial charge on any atom is -0.492 e. The summed E-state index contributed by atoms with van der Waals surface area (Å²) in [5.41, 5.74) is -0.0418. The van der Waals surface area contributed by atoms with Crippen LogP contribution >= 0.6 is 11.3 Å². The Morgan fingerprint density at radius 2 is 2.06 bits per heavy atom. The summed E-state index contributed by atoms with van der Waals surface area (Å²) in [7, 11) is 0. The summed E-state index contributed by atoms with van der Waals surface area (Å²) in [6, 6.07) is 1.88. The molecule has 4 heteroatoms. The Hall–Kier alpha value is -1.03. The van der Waals surface area contributed by atoms with Crippen LogP contribution in [0.1, 0.15) is 61.5 Å². The van der Waals surface area contributed by atoms with Gasteiger partial charge in [0.25, 0.3) is 0 Å². The molecule has 3 nitrogen and oxygen atoms in total. The van der Waals surface area contributed by atoms with E-state index in [9.17, 15) is 9.90 Å². The SMILES string of the molecule is CCCCCOc1cc(C(C)(C)C)sc1C(=O)O. The molecule has 102 valence electrons. The van der Waals surface area contributed by atoms with Crippen molar-refractivity contribution in [2.75, 3.05) is 6.61 Å². The van der Waals surface area contributed by atoms with E-state index in [1.807, 2.05) is 6.07 Å². The normalized spacial score (nSPS) is 11.6. The third-order valence-electron chi connectivity index (χ3n) is 2.64. The predicted molar refractivity (Wildman–Crippen MR) is 75.0 cm³/mol. The summed E-state index contributed by atoms with van der Waals surface area (Å²) in [5, 5.41) is 9.18. The van der Waals surface area contributed by atoms with Gasteiger partial charge in [0.1, 0.15) is 5.75 Å². The number of rotatable bonds is 6. The van der Waals surface area contributed by atoms with Gasteiger partial charge in [-0.15, -0.1) is 11.3 Å². The molecule has 0 saturated heterocycles. The Morgan fingerprint density at radius 3 is 2.56 bits per heavy atom. The summed E-state index contributed by atoms with van der Waals surface area (Å²) in [6.45, 7) is 8.95. The highest BCUT2D eigenvalue weighted by molar-refractivity contribution is 7.14. The highest BCUT2D eigenvalue weighted by Gasteiger charge is 2.23. The lowest BCUT2D eigenvalue weighted by Crippen LogP contribution is -2.08. The molecule has 0 spiro atoms. The molecule has 0 aromatic carbocycles. The first-order chi connectivity index (χ1) is 8.36. The molecule has 1 N–H and O–H groups in total. The molecular formula is C14H22O3S. The molecule has 18 heavy (non-hydrogen) atoms. The molecule has 0 atom stereocenters. The summed E-state index contributed by atoms with van der Waals surface area (Å²) >= 11 is 1.31. The first-order valence-corrected chi connectivity index (χ1v) is 7.18. The van der Waals surface area contributed by atoms with Gasteiger partial charge in [-0.25, -0.2) is 4.79 Å². The van der Waals surface area contributed by atoms with Crippen molar-refractivity contribution < 1.29 is 14.6 Å². The Bertz CT molecular complexity index is 402. The number of thiophene rings is 1. The second-order valence-electron chi connectivity index (χ2n) is 5.41. The molecule has 1 rings (SSSR count). The molecular weight excluding hydrogens is 248 g/mol. The van der Waals surface area contributed by atoms with Crippen molar-refractivity contribution in [1.29, 1.82) is 0 Å². The molecule has 0 amide bonds. The van der Waals surface area contributed by atoms with Gasteiger partial charge in [-0.3, -0.25) is 0 Å². The van der Waals surface area contributed by atoms with Crippen LogP contribution in [-0.4, -0.2) is 17.7 Å². The second kappa shape index (κ2) is 6.23. The third kappa shape index (κ3) is 4.02. The summed E-state index contributed by atoms with van der Waals surface area (Å²) < 4.78 is 5.61. The summed E-state index contributed by atoms with van der Waals surface area (Å²) in [6.07, 6.45) is 3.21. The van der Waals surface area contributed by atoms with Crippen molar-refractivity contribution in [3.63, 3.8) is 0 Å². The molecule has 0 fully saturated rings. The van der Waals surface area contributed by atoms with Crippen molar-refractivity contribution >= 4 is 17.3 Å². The van der Waals surface area contributed by atoms with Gasteiger partial charge in [-0.1, -0.05) is 40.5 Å². The molecule has 1 heterocycles. The average Bonchev–Trinajstić information content (AvgIpc) is 2.68. The second-order valence-corrected chi connectivity index (χ2v) is 6.47. The zero-order valence-electron chi connectivity index (χ0n) is 11.6. The van der Waals surface area contributed by atoms with Crippen LogP contribution in [0.5, 0.6) is 5.75 Å². The minimum atomic E-state index is -0.902. The third-order valence-corrected chi connectivity index (χ3v) is 4.17. The van der Waals surface area contributed by atoms with Gasteiger partial charge in [0.15, 0.2) is 4.88 Å². The number of carboxylic acids is 1. The quantitative estimate of drug-likeness (QED) is 0.783. The van der Waals surface area contributed by atoms with E-state index >= 15 is 0 Å². The van der Waals surface area contributed by atoms with E-state index < -0.39 is 5.97 Å². The number of aromatic carboxylic acids is 1. The summed E-state index contributed by atoms with van der Waals surface area (Å²) in [4.78, 5) is 12.5. The van der Waals surface area contributed by atoms with Crippen LogP contribution in [0.2, 0.25) is 0 Å². The van der Waals surface area contributed by atoms with Crippen molar-refractivity contribution in [2.45, 2.75) is 52.4 Å². The number of ether oxygens (including phenoxy) is 1. The Morgan fingerprint density at radius 1 is 1.39 bits per heavy atom. The van der Waals surface area contributed by atoms with Crippen molar-refractivity contribution in [1.82, 2.24) is 0 Å². The molecule has 0 aliphatic heterocycles. The first-order valence-electron chi connectivity index (χ1n) is 6.36. The lowest BCUT2D eigenvalue weighted by atomic mass is 9.95. The lowest BCUT2D eigenvalue weighted by molar-refractivity contribution is 0.0698. The van der Waals surface area contributed by atoms with E-state index in [1.54, 1.807) is 0 Å². The highest BCUT2D eigenvalue weighted by Crippen LogP contribution is 2.36. The zero-order chi connectivity index (χ0) is 13.8. The Kier molecular flexibility index (Phi) is 5.20. The molecule has 0 bridgehead atoms. The molecule has 0 aliphatic carbocycles. The van der Waals surface area contributed by atoms with Crippen molar-refractivity contribution in [2.24, 2.45) is 0 Å². The molecule has 0 radical (unpaired) electrons.